The van der Waals surface area contributed by atoms with Gasteiger partial charge in [-0.3, -0.25) is 0 Å². The maximum Gasteiger partial charge on any atom is 0.210 e. The molecule has 112 valence electrons. The second kappa shape index (κ2) is 5.41. The third-order valence-electron chi connectivity index (χ3n) is 3.70. The van der Waals surface area contributed by atoms with E-state index in [4.69, 9.17) is 13.9 Å². The van der Waals surface area contributed by atoms with Crippen molar-refractivity contribution in [1.82, 2.24) is 20.2 Å². The highest BCUT2D eigenvalue weighted by molar-refractivity contribution is 7.98. The van der Waals surface area contributed by atoms with Crippen LogP contribution >= 0.6 is 11.8 Å². The lowest BCUT2D eigenvalue weighted by atomic mass is 10.1. The van der Waals surface area contributed by atoms with Crippen LogP contribution in [0.2, 0.25) is 0 Å². The van der Waals surface area contributed by atoms with E-state index in [1.165, 1.54) is 11.8 Å². The monoisotopic (exact) mass is 310 g/mol. The minimum absolute atomic E-state index is 0.110. The summed E-state index contributed by atoms with van der Waals surface area (Å²) >= 11 is 1.49. The molecule has 0 spiro atoms. The first-order valence-electron chi connectivity index (χ1n) is 6.67. The molecule has 2 aromatic heterocycles. The molecule has 4 heterocycles. The molecule has 0 aliphatic carbocycles. The number of thioether (sulfide) groups is 1. The van der Waals surface area contributed by atoms with Gasteiger partial charge < -0.3 is 19.0 Å². The van der Waals surface area contributed by atoms with E-state index in [0.717, 1.165) is 5.76 Å². The Morgan fingerprint density at radius 1 is 1.33 bits per heavy atom. The van der Waals surface area contributed by atoms with E-state index in [2.05, 4.69) is 15.5 Å². The van der Waals surface area contributed by atoms with Crippen LogP contribution in [0.15, 0.2) is 28.0 Å². The van der Waals surface area contributed by atoms with Crippen LogP contribution in [0.4, 0.5) is 0 Å². The summed E-state index contributed by atoms with van der Waals surface area (Å²) in [6.45, 7) is 0.731. The van der Waals surface area contributed by atoms with Gasteiger partial charge in [0, 0.05) is 0 Å². The van der Waals surface area contributed by atoms with Crippen LogP contribution in [0.5, 0.6) is 0 Å². The number of furan rings is 1. The molecule has 2 saturated heterocycles. The van der Waals surface area contributed by atoms with Gasteiger partial charge in [-0.15, -0.1) is 5.10 Å². The maximum atomic E-state index is 9.78. The summed E-state index contributed by atoms with van der Waals surface area (Å²) in [5, 5.41) is 22.3. The number of aromatic nitrogens is 4. The summed E-state index contributed by atoms with van der Waals surface area (Å²) in [6, 6.07) is 3.65. The molecule has 2 aliphatic heterocycles. The number of fused-ring (bicyclic) bond motifs is 1. The van der Waals surface area contributed by atoms with Crippen LogP contribution in [-0.4, -0.2) is 56.8 Å². The predicted molar refractivity (Wildman–Crippen MR) is 70.6 cm³/mol. The van der Waals surface area contributed by atoms with E-state index in [9.17, 15) is 5.11 Å². The van der Waals surface area contributed by atoms with Crippen molar-refractivity contribution in [2.75, 3.05) is 13.2 Å². The van der Waals surface area contributed by atoms with Crippen molar-refractivity contribution in [2.24, 2.45) is 0 Å². The van der Waals surface area contributed by atoms with E-state index >= 15 is 0 Å². The fourth-order valence-electron chi connectivity index (χ4n) is 2.69. The van der Waals surface area contributed by atoms with Gasteiger partial charge in [-0.25, -0.2) is 4.68 Å². The molecule has 2 aliphatic rings. The summed E-state index contributed by atoms with van der Waals surface area (Å²) in [5.41, 5.74) is 0. The van der Waals surface area contributed by atoms with Gasteiger partial charge in [0.05, 0.1) is 25.2 Å². The molecule has 0 bridgehead atoms. The highest BCUT2D eigenvalue weighted by atomic mass is 32.2. The van der Waals surface area contributed by atoms with Gasteiger partial charge in [0.25, 0.3) is 0 Å². The molecule has 0 radical (unpaired) electrons. The zero-order valence-electron chi connectivity index (χ0n) is 11.0. The van der Waals surface area contributed by atoms with Crippen LogP contribution in [0, 0.1) is 0 Å². The van der Waals surface area contributed by atoms with Crippen molar-refractivity contribution in [3.8, 4) is 0 Å². The Balaban J connectivity index is 1.50. The molecule has 2 aromatic rings. The predicted octanol–water partition coefficient (Wildman–Crippen LogP) is 0.258. The van der Waals surface area contributed by atoms with E-state index in [1.807, 2.05) is 12.1 Å². The van der Waals surface area contributed by atoms with Gasteiger partial charge in [-0.1, -0.05) is 11.8 Å². The van der Waals surface area contributed by atoms with Crippen molar-refractivity contribution < 1.29 is 19.0 Å². The van der Waals surface area contributed by atoms with Crippen molar-refractivity contribution in [1.29, 1.82) is 0 Å². The van der Waals surface area contributed by atoms with Crippen LogP contribution in [0.1, 0.15) is 11.8 Å². The minimum Gasteiger partial charge on any atom is -0.468 e. The number of hydrogen-bond acceptors (Lipinski definition) is 8. The number of rotatable bonds is 4. The molecule has 0 aromatic carbocycles. The van der Waals surface area contributed by atoms with Crippen molar-refractivity contribution in [3.63, 3.8) is 0 Å². The summed E-state index contributed by atoms with van der Waals surface area (Å²) in [6.07, 6.45) is 0.575. The van der Waals surface area contributed by atoms with Gasteiger partial charge in [0.15, 0.2) is 0 Å². The first-order valence-corrected chi connectivity index (χ1v) is 7.66. The van der Waals surface area contributed by atoms with E-state index in [1.54, 1.807) is 10.9 Å². The molecule has 9 heteroatoms. The number of nitrogens with zero attached hydrogens (tertiary/aromatic N) is 4. The topological polar surface area (TPSA) is 95.4 Å². The Kier molecular flexibility index (Phi) is 3.42. The zero-order chi connectivity index (χ0) is 14.2. The maximum absolute atomic E-state index is 9.78. The second-order valence-electron chi connectivity index (χ2n) is 5.00. The first kappa shape index (κ1) is 13.3. The quantitative estimate of drug-likeness (QED) is 0.803. The normalized spacial score (nSPS) is 31.7. The Bertz CT molecular complexity index is 604. The van der Waals surface area contributed by atoms with Gasteiger partial charge in [-0.05, 0) is 22.6 Å². The van der Waals surface area contributed by atoms with Crippen LogP contribution < -0.4 is 0 Å². The second-order valence-corrected chi connectivity index (χ2v) is 5.95. The lowest BCUT2D eigenvalue weighted by Crippen LogP contribution is -2.30. The molecule has 21 heavy (non-hydrogen) atoms. The minimum atomic E-state index is -0.573. The molecule has 4 rings (SSSR count). The molecular formula is C12H14N4O4S. The van der Waals surface area contributed by atoms with Crippen LogP contribution in [0.3, 0.4) is 0 Å². The van der Waals surface area contributed by atoms with Crippen LogP contribution in [-0.2, 0) is 15.2 Å². The SMILES string of the molecule is O[C@@H]1CO[C@H]2[C@H]1OC[C@H]2n1nnnc1SCc1ccco1. The van der Waals surface area contributed by atoms with E-state index in [-0.39, 0.29) is 18.2 Å². The fourth-order valence-corrected chi connectivity index (χ4v) is 3.52. The number of aliphatic hydroxyl groups excluding tert-OH is 1. The lowest BCUT2D eigenvalue weighted by Gasteiger charge is -2.16. The number of ether oxygens (including phenoxy) is 2. The van der Waals surface area contributed by atoms with Gasteiger partial charge >= 0.3 is 0 Å². The van der Waals surface area contributed by atoms with Crippen molar-refractivity contribution in [2.45, 2.75) is 35.3 Å². The largest absolute Gasteiger partial charge is 0.468 e. The van der Waals surface area contributed by atoms with Gasteiger partial charge in [0.2, 0.25) is 5.16 Å². The number of tetrazole rings is 1. The fraction of sp³-hybridized carbons (Fsp3) is 0.583. The van der Waals surface area contributed by atoms with E-state index in [0.29, 0.717) is 24.1 Å². The van der Waals surface area contributed by atoms with Gasteiger partial charge in [-0.2, -0.15) is 0 Å². The van der Waals surface area contributed by atoms with Gasteiger partial charge in [0.1, 0.15) is 30.1 Å². The third-order valence-corrected chi connectivity index (χ3v) is 4.66. The molecule has 0 amide bonds. The Labute approximate surface area is 124 Å². The van der Waals surface area contributed by atoms with Crippen LogP contribution in [0.25, 0.3) is 0 Å². The summed E-state index contributed by atoms with van der Waals surface area (Å²) in [7, 11) is 0. The zero-order valence-corrected chi connectivity index (χ0v) is 11.8. The van der Waals surface area contributed by atoms with Crippen molar-refractivity contribution in [3.05, 3.63) is 24.2 Å². The molecule has 1 N–H and O–H groups in total. The summed E-state index contributed by atoms with van der Waals surface area (Å²) in [5.74, 6) is 1.51. The third kappa shape index (κ3) is 2.35. The first-order chi connectivity index (χ1) is 10.3. The summed E-state index contributed by atoms with van der Waals surface area (Å²) < 4.78 is 18.2. The molecular weight excluding hydrogens is 296 g/mol. The molecule has 2 fully saturated rings. The standard InChI is InChI=1S/C12H14N4O4S/c17-9-5-20-10-8(4-19-11(9)10)16-12(13-14-15-16)21-6-7-2-1-3-18-7/h1-3,8-11,17H,4-6H2/t8-,9-,10-,11+/m1/s1. The average Bonchev–Trinajstić information content (AvgIpc) is 3.23. The van der Waals surface area contributed by atoms with E-state index < -0.39 is 6.10 Å². The Morgan fingerprint density at radius 2 is 2.24 bits per heavy atom. The number of hydrogen-bond donors (Lipinski definition) is 1. The summed E-state index contributed by atoms with van der Waals surface area (Å²) in [4.78, 5) is 0. The molecule has 8 nitrogen and oxygen atoms in total. The molecule has 4 atom stereocenters. The smallest absolute Gasteiger partial charge is 0.210 e. The highest BCUT2D eigenvalue weighted by Crippen LogP contribution is 2.35. The molecule has 0 unspecified atom stereocenters. The lowest BCUT2D eigenvalue weighted by molar-refractivity contribution is 0.0167. The van der Waals surface area contributed by atoms with Crippen molar-refractivity contribution >= 4 is 11.8 Å². The highest BCUT2D eigenvalue weighted by Gasteiger charge is 2.49. The average molecular weight is 310 g/mol. The number of aliphatic hydroxyl groups is 1. The Hall–Kier alpha value is -1.42. The Morgan fingerprint density at radius 3 is 3.10 bits per heavy atom. The molecule has 0 saturated carbocycles.